The van der Waals surface area contributed by atoms with E-state index in [1.165, 1.54) is 18.8 Å². The summed E-state index contributed by atoms with van der Waals surface area (Å²) >= 11 is 0. The Balaban J connectivity index is 2.40. The molecule has 0 fully saturated rings. The van der Waals surface area contributed by atoms with Crippen molar-refractivity contribution in [2.75, 3.05) is 5.73 Å². The lowest BCUT2D eigenvalue weighted by molar-refractivity contribution is 0.581. The number of hydrogen-bond donors (Lipinski definition) is 1. The minimum atomic E-state index is -0.513. The fraction of sp³-hybridized carbons (Fsp3) is 0.167. The normalized spacial score (nSPS) is 11.1. The molecule has 0 radical (unpaired) electrons. The maximum absolute atomic E-state index is 12.2. The van der Waals surface area contributed by atoms with Gasteiger partial charge in [0.25, 0.3) is 0 Å². The molecular formula is C12H12N6O2. The molecule has 20 heavy (non-hydrogen) atoms. The number of aryl methyl sites for hydroxylation is 1. The average molecular weight is 272 g/mol. The highest BCUT2D eigenvalue weighted by Gasteiger charge is 2.14. The Morgan fingerprint density at radius 2 is 1.95 bits per heavy atom. The van der Waals surface area contributed by atoms with E-state index in [2.05, 4.69) is 10.2 Å². The monoisotopic (exact) mass is 272 g/mol. The molecule has 0 aliphatic rings. The van der Waals surface area contributed by atoms with E-state index in [0.717, 1.165) is 14.6 Å². The van der Waals surface area contributed by atoms with Crippen LogP contribution in [0.1, 0.15) is 0 Å². The van der Waals surface area contributed by atoms with Gasteiger partial charge >= 0.3 is 11.2 Å². The second kappa shape index (κ2) is 4.05. The van der Waals surface area contributed by atoms with Crippen molar-refractivity contribution in [2.45, 2.75) is 0 Å². The van der Waals surface area contributed by atoms with Crippen molar-refractivity contribution in [3.8, 4) is 5.82 Å². The molecule has 2 heterocycles. The molecule has 8 heteroatoms. The van der Waals surface area contributed by atoms with Crippen LogP contribution < -0.4 is 17.0 Å². The summed E-state index contributed by atoms with van der Waals surface area (Å²) in [6, 6.07) is 5.26. The maximum Gasteiger partial charge on any atom is 0.346 e. The minimum Gasteiger partial charge on any atom is -0.399 e. The molecule has 0 aliphatic carbocycles. The van der Waals surface area contributed by atoms with Crippen LogP contribution in [0, 0.1) is 0 Å². The van der Waals surface area contributed by atoms with E-state index < -0.39 is 11.2 Å². The molecule has 0 saturated carbocycles. The molecule has 0 aliphatic heterocycles. The largest absolute Gasteiger partial charge is 0.399 e. The number of benzene rings is 1. The smallest absolute Gasteiger partial charge is 0.346 e. The Kier molecular flexibility index (Phi) is 2.46. The first kappa shape index (κ1) is 12.2. The minimum absolute atomic E-state index is 0.0511. The molecule has 1 aromatic carbocycles. The van der Waals surface area contributed by atoms with E-state index in [0.29, 0.717) is 11.2 Å². The number of nitrogens with zero attached hydrogens (tertiary/aromatic N) is 5. The Morgan fingerprint density at radius 3 is 2.70 bits per heavy atom. The summed E-state index contributed by atoms with van der Waals surface area (Å²) < 4.78 is 3.46. The zero-order valence-corrected chi connectivity index (χ0v) is 10.9. The Bertz CT molecular complexity index is 933. The number of hydrogen-bond acceptors (Lipinski definition) is 5. The molecule has 0 unspecified atom stereocenters. The summed E-state index contributed by atoms with van der Waals surface area (Å²) in [4.78, 5) is 23.8. The van der Waals surface area contributed by atoms with Gasteiger partial charge in [-0.05, 0) is 18.2 Å². The van der Waals surface area contributed by atoms with Crippen LogP contribution in [0.5, 0.6) is 0 Å². The molecule has 3 aromatic rings. The first-order chi connectivity index (χ1) is 9.49. The Hall–Kier alpha value is -2.90. The predicted octanol–water partition coefficient (Wildman–Crippen LogP) is -0.600. The van der Waals surface area contributed by atoms with Gasteiger partial charge in [-0.15, -0.1) is 5.10 Å². The zero-order valence-electron chi connectivity index (χ0n) is 10.9. The summed E-state index contributed by atoms with van der Waals surface area (Å²) in [5.74, 6) is 0.0511. The third-order valence-electron chi connectivity index (χ3n) is 3.10. The van der Waals surface area contributed by atoms with Gasteiger partial charge in [0.1, 0.15) is 0 Å². The summed E-state index contributed by atoms with van der Waals surface area (Å²) in [6.45, 7) is 0. The molecule has 0 saturated heterocycles. The highest BCUT2D eigenvalue weighted by Crippen LogP contribution is 2.18. The standard InChI is InChI=1S/C12H12N6O2/c1-16-11(19)10(15-17(2)12(16)20)18-9-5-8(13)4-3-7(9)6-14-18/h3-6H,13H2,1-2H3. The fourth-order valence-electron chi connectivity index (χ4n) is 2.02. The number of aromatic nitrogens is 5. The van der Waals surface area contributed by atoms with Crippen LogP contribution in [0.3, 0.4) is 0 Å². The van der Waals surface area contributed by atoms with Gasteiger partial charge in [-0.2, -0.15) is 5.10 Å². The van der Waals surface area contributed by atoms with E-state index in [1.54, 1.807) is 24.4 Å². The SMILES string of the molecule is Cn1nc(-n2ncc3ccc(N)cc32)c(=O)n(C)c1=O. The number of rotatable bonds is 1. The molecule has 3 rings (SSSR count). The lowest BCUT2D eigenvalue weighted by Gasteiger charge is -2.06. The lowest BCUT2D eigenvalue weighted by Crippen LogP contribution is -2.40. The molecule has 102 valence electrons. The number of nitrogens with two attached hydrogens (primary N) is 1. The maximum atomic E-state index is 12.2. The molecular weight excluding hydrogens is 260 g/mol. The van der Waals surface area contributed by atoms with Crippen LogP contribution in [0.25, 0.3) is 16.7 Å². The topological polar surface area (TPSA) is 101 Å². The highest BCUT2D eigenvalue weighted by atomic mass is 16.2. The van der Waals surface area contributed by atoms with Gasteiger partial charge in [-0.3, -0.25) is 9.36 Å². The van der Waals surface area contributed by atoms with Crippen molar-refractivity contribution in [3.05, 3.63) is 45.2 Å². The number of anilines is 1. The summed E-state index contributed by atoms with van der Waals surface area (Å²) in [5, 5.41) is 8.97. The van der Waals surface area contributed by atoms with Crippen molar-refractivity contribution in [1.29, 1.82) is 0 Å². The molecule has 2 N–H and O–H groups in total. The van der Waals surface area contributed by atoms with Gasteiger partial charge in [0, 0.05) is 25.2 Å². The van der Waals surface area contributed by atoms with Gasteiger partial charge in [0.2, 0.25) is 5.82 Å². The van der Waals surface area contributed by atoms with Crippen LogP contribution >= 0.6 is 0 Å². The van der Waals surface area contributed by atoms with Crippen molar-refractivity contribution < 1.29 is 0 Å². The first-order valence-electron chi connectivity index (χ1n) is 5.87. The zero-order chi connectivity index (χ0) is 14.4. The van der Waals surface area contributed by atoms with Crippen molar-refractivity contribution in [2.24, 2.45) is 14.1 Å². The van der Waals surface area contributed by atoms with Gasteiger partial charge < -0.3 is 5.73 Å². The van der Waals surface area contributed by atoms with E-state index in [9.17, 15) is 9.59 Å². The Labute approximate surface area is 112 Å². The Morgan fingerprint density at radius 1 is 1.20 bits per heavy atom. The molecule has 2 aromatic heterocycles. The van der Waals surface area contributed by atoms with Gasteiger partial charge in [0.05, 0.1) is 11.7 Å². The van der Waals surface area contributed by atoms with Crippen LogP contribution in [0.2, 0.25) is 0 Å². The van der Waals surface area contributed by atoms with Gasteiger partial charge in [-0.1, -0.05) is 0 Å². The lowest BCUT2D eigenvalue weighted by atomic mass is 10.2. The summed E-state index contributed by atoms with van der Waals surface area (Å²) in [7, 11) is 2.88. The molecule has 0 bridgehead atoms. The highest BCUT2D eigenvalue weighted by molar-refractivity contribution is 5.82. The number of fused-ring (bicyclic) bond motifs is 1. The molecule has 0 spiro atoms. The second-order valence-corrected chi connectivity index (χ2v) is 4.47. The van der Waals surface area contributed by atoms with Crippen LogP contribution in [-0.2, 0) is 14.1 Å². The van der Waals surface area contributed by atoms with E-state index in [1.807, 2.05) is 0 Å². The molecule has 8 nitrogen and oxygen atoms in total. The van der Waals surface area contributed by atoms with Crippen molar-refractivity contribution in [1.82, 2.24) is 24.1 Å². The average Bonchev–Trinajstić information content (AvgIpc) is 2.83. The van der Waals surface area contributed by atoms with E-state index in [4.69, 9.17) is 5.73 Å². The van der Waals surface area contributed by atoms with Gasteiger partial charge in [0.15, 0.2) is 0 Å². The summed E-state index contributed by atoms with van der Waals surface area (Å²) in [5.41, 5.74) is 5.96. The van der Waals surface area contributed by atoms with Crippen molar-refractivity contribution >= 4 is 16.6 Å². The number of nitrogen functional groups attached to an aromatic ring is 1. The van der Waals surface area contributed by atoms with Gasteiger partial charge in [-0.25, -0.2) is 14.2 Å². The molecule has 0 atom stereocenters. The van der Waals surface area contributed by atoms with Crippen LogP contribution in [-0.4, -0.2) is 24.1 Å². The van der Waals surface area contributed by atoms with E-state index in [-0.39, 0.29) is 5.82 Å². The third-order valence-corrected chi connectivity index (χ3v) is 3.10. The first-order valence-corrected chi connectivity index (χ1v) is 5.87. The molecule has 0 amide bonds. The van der Waals surface area contributed by atoms with E-state index >= 15 is 0 Å². The van der Waals surface area contributed by atoms with Crippen LogP contribution in [0.4, 0.5) is 5.69 Å². The summed E-state index contributed by atoms with van der Waals surface area (Å²) in [6.07, 6.45) is 1.61. The fourth-order valence-corrected chi connectivity index (χ4v) is 2.02. The van der Waals surface area contributed by atoms with Crippen molar-refractivity contribution in [3.63, 3.8) is 0 Å². The quantitative estimate of drug-likeness (QED) is 0.596. The second-order valence-electron chi connectivity index (χ2n) is 4.47. The predicted molar refractivity (Wildman–Crippen MR) is 73.8 cm³/mol. The van der Waals surface area contributed by atoms with Crippen LogP contribution in [0.15, 0.2) is 34.0 Å². The third kappa shape index (κ3) is 1.62.